The molecule has 1 amide bonds. The van der Waals surface area contributed by atoms with Gasteiger partial charge in [-0.25, -0.2) is 9.67 Å². The number of carbonyl (C=O) groups excluding carboxylic acids is 1. The molecule has 5 nitrogen and oxygen atoms in total. The maximum atomic E-state index is 13.0. The Morgan fingerprint density at radius 3 is 2.48 bits per heavy atom. The number of nitrogens with one attached hydrogen (secondary N) is 1. The zero-order chi connectivity index (χ0) is 19.0. The lowest BCUT2D eigenvalue weighted by atomic mass is 9.95. The standard InChI is InChI=1S/C22H26N4O/c1-14-9-11-18(12-10-14)26-21-20(16(3)25-26)19(13-15(2)23-21)22(27)24-17-7-5-4-6-8-17/h9-13,17H,4-8H2,1-3H3,(H,24,27). The van der Waals surface area contributed by atoms with Crippen molar-refractivity contribution in [3.63, 3.8) is 0 Å². The van der Waals surface area contributed by atoms with Crippen LogP contribution in [0.4, 0.5) is 0 Å². The van der Waals surface area contributed by atoms with E-state index in [1.54, 1.807) is 0 Å². The Morgan fingerprint density at radius 2 is 1.78 bits per heavy atom. The first kappa shape index (κ1) is 17.7. The average Bonchev–Trinajstić information content (AvgIpc) is 2.99. The third-order valence-corrected chi connectivity index (χ3v) is 5.40. The summed E-state index contributed by atoms with van der Waals surface area (Å²) in [5, 5.41) is 8.77. The highest BCUT2D eigenvalue weighted by Crippen LogP contribution is 2.26. The lowest BCUT2D eigenvalue weighted by molar-refractivity contribution is 0.0929. The molecule has 1 N–H and O–H groups in total. The molecule has 2 aromatic heterocycles. The number of benzene rings is 1. The smallest absolute Gasteiger partial charge is 0.252 e. The number of hydrogen-bond donors (Lipinski definition) is 1. The Morgan fingerprint density at radius 1 is 1.07 bits per heavy atom. The highest BCUT2D eigenvalue weighted by molar-refractivity contribution is 6.06. The van der Waals surface area contributed by atoms with Crippen molar-refractivity contribution in [3.05, 3.63) is 52.8 Å². The van der Waals surface area contributed by atoms with Crippen LogP contribution in [0.15, 0.2) is 30.3 Å². The number of carbonyl (C=O) groups is 1. The van der Waals surface area contributed by atoms with Crippen LogP contribution < -0.4 is 5.32 Å². The second-order valence-electron chi connectivity index (χ2n) is 7.65. The van der Waals surface area contributed by atoms with Crippen molar-refractivity contribution in [2.24, 2.45) is 0 Å². The maximum Gasteiger partial charge on any atom is 0.252 e. The van der Waals surface area contributed by atoms with Crippen LogP contribution in [0.3, 0.4) is 0 Å². The van der Waals surface area contributed by atoms with Crippen LogP contribution in [-0.4, -0.2) is 26.7 Å². The van der Waals surface area contributed by atoms with Gasteiger partial charge in [0.15, 0.2) is 5.65 Å². The van der Waals surface area contributed by atoms with Crippen LogP contribution in [-0.2, 0) is 0 Å². The van der Waals surface area contributed by atoms with Crippen molar-refractivity contribution >= 4 is 16.9 Å². The molecule has 1 fully saturated rings. The molecule has 4 rings (SSSR count). The number of hydrogen-bond acceptors (Lipinski definition) is 3. The highest BCUT2D eigenvalue weighted by Gasteiger charge is 2.22. The molecule has 0 aliphatic heterocycles. The lowest BCUT2D eigenvalue weighted by Crippen LogP contribution is -2.36. The zero-order valence-corrected chi connectivity index (χ0v) is 16.2. The first-order valence-electron chi connectivity index (χ1n) is 9.78. The fourth-order valence-electron chi connectivity index (χ4n) is 3.97. The Balaban J connectivity index is 1.77. The molecule has 1 aliphatic carbocycles. The first-order chi connectivity index (χ1) is 13.0. The summed E-state index contributed by atoms with van der Waals surface area (Å²) >= 11 is 0. The van der Waals surface area contributed by atoms with E-state index in [9.17, 15) is 4.79 Å². The maximum absolute atomic E-state index is 13.0. The van der Waals surface area contributed by atoms with E-state index in [4.69, 9.17) is 10.1 Å². The summed E-state index contributed by atoms with van der Waals surface area (Å²) in [6.07, 6.45) is 5.80. The predicted octanol–water partition coefficient (Wildman–Crippen LogP) is 4.41. The van der Waals surface area contributed by atoms with Gasteiger partial charge in [-0.15, -0.1) is 0 Å². The minimum absolute atomic E-state index is 0.0102. The summed E-state index contributed by atoms with van der Waals surface area (Å²) in [6, 6.07) is 10.4. The number of pyridine rings is 1. The van der Waals surface area contributed by atoms with Gasteiger partial charge in [0.2, 0.25) is 0 Å². The Labute approximate surface area is 159 Å². The van der Waals surface area contributed by atoms with Crippen LogP contribution in [0.25, 0.3) is 16.7 Å². The Hall–Kier alpha value is -2.69. The minimum Gasteiger partial charge on any atom is -0.349 e. The fraction of sp³-hybridized carbons (Fsp3) is 0.409. The fourth-order valence-corrected chi connectivity index (χ4v) is 3.97. The van der Waals surface area contributed by atoms with Gasteiger partial charge in [-0.1, -0.05) is 37.0 Å². The van der Waals surface area contributed by atoms with Crippen molar-refractivity contribution in [1.82, 2.24) is 20.1 Å². The van der Waals surface area contributed by atoms with Crippen molar-refractivity contribution in [1.29, 1.82) is 0 Å². The van der Waals surface area contributed by atoms with Gasteiger partial charge in [-0.05, 0) is 51.8 Å². The molecule has 0 saturated heterocycles. The summed E-state index contributed by atoms with van der Waals surface area (Å²) in [5.41, 5.74) is 5.22. The Bertz CT molecular complexity index is 982. The molecular weight excluding hydrogens is 336 g/mol. The molecule has 3 aromatic rings. The number of fused-ring (bicyclic) bond motifs is 1. The largest absolute Gasteiger partial charge is 0.349 e. The van der Waals surface area contributed by atoms with E-state index in [0.29, 0.717) is 5.56 Å². The number of amides is 1. The molecule has 0 bridgehead atoms. The van der Waals surface area contributed by atoms with Crippen LogP contribution in [0.2, 0.25) is 0 Å². The molecule has 0 atom stereocenters. The number of rotatable bonds is 3. The van der Waals surface area contributed by atoms with E-state index in [2.05, 4.69) is 24.4 Å². The van der Waals surface area contributed by atoms with Gasteiger partial charge in [0.1, 0.15) is 0 Å². The molecule has 0 spiro atoms. The summed E-state index contributed by atoms with van der Waals surface area (Å²) in [7, 11) is 0. The van der Waals surface area contributed by atoms with Gasteiger partial charge < -0.3 is 5.32 Å². The molecule has 5 heteroatoms. The van der Waals surface area contributed by atoms with Gasteiger partial charge in [-0.2, -0.15) is 5.10 Å². The predicted molar refractivity (Wildman–Crippen MR) is 107 cm³/mol. The van der Waals surface area contributed by atoms with E-state index in [0.717, 1.165) is 41.0 Å². The zero-order valence-electron chi connectivity index (χ0n) is 16.2. The van der Waals surface area contributed by atoms with Crippen LogP contribution in [0, 0.1) is 20.8 Å². The summed E-state index contributed by atoms with van der Waals surface area (Å²) in [5.74, 6) is -0.0102. The molecule has 1 saturated carbocycles. The SMILES string of the molecule is Cc1ccc(-n2nc(C)c3c(C(=O)NC4CCCCC4)cc(C)nc32)cc1. The summed E-state index contributed by atoms with van der Waals surface area (Å²) in [6.45, 7) is 5.94. The molecule has 140 valence electrons. The van der Waals surface area contributed by atoms with Gasteiger partial charge >= 0.3 is 0 Å². The second-order valence-corrected chi connectivity index (χ2v) is 7.65. The summed E-state index contributed by atoms with van der Waals surface area (Å²) < 4.78 is 1.84. The van der Waals surface area contributed by atoms with Gasteiger partial charge in [0, 0.05) is 11.7 Å². The van der Waals surface area contributed by atoms with Gasteiger partial charge in [0.25, 0.3) is 5.91 Å². The van der Waals surface area contributed by atoms with Crippen molar-refractivity contribution < 1.29 is 4.79 Å². The number of nitrogens with zero attached hydrogens (tertiary/aromatic N) is 3. The topological polar surface area (TPSA) is 59.8 Å². The van der Waals surface area contributed by atoms with E-state index >= 15 is 0 Å². The number of aryl methyl sites for hydroxylation is 3. The van der Waals surface area contributed by atoms with Gasteiger partial charge in [0.05, 0.1) is 22.3 Å². The molecule has 1 aliphatic rings. The third kappa shape index (κ3) is 3.46. The van der Waals surface area contributed by atoms with E-state index in [1.165, 1.54) is 24.8 Å². The van der Waals surface area contributed by atoms with E-state index < -0.39 is 0 Å². The molecule has 0 radical (unpaired) electrons. The molecule has 0 unspecified atom stereocenters. The Kier molecular flexibility index (Phi) is 4.68. The number of aromatic nitrogens is 3. The summed E-state index contributed by atoms with van der Waals surface area (Å²) in [4.78, 5) is 17.8. The molecular formula is C22H26N4O. The van der Waals surface area contributed by atoms with Crippen molar-refractivity contribution in [2.75, 3.05) is 0 Å². The van der Waals surface area contributed by atoms with Crippen LogP contribution in [0.5, 0.6) is 0 Å². The molecule has 2 heterocycles. The molecule has 1 aromatic carbocycles. The van der Waals surface area contributed by atoms with E-state index in [-0.39, 0.29) is 11.9 Å². The van der Waals surface area contributed by atoms with Gasteiger partial charge in [-0.3, -0.25) is 4.79 Å². The van der Waals surface area contributed by atoms with Crippen LogP contribution in [0.1, 0.15) is 59.4 Å². The second kappa shape index (κ2) is 7.14. The highest BCUT2D eigenvalue weighted by atomic mass is 16.1. The minimum atomic E-state index is -0.0102. The monoisotopic (exact) mass is 362 g/mol. The quantitative estimate of drug-likeness (QED) is 0.751. The molecule has 27 heavy (non-hydrogen) atoms. The lowest BCUT2D eigenvalue weighted by Gasteiger charge is -2.23. The third-order valence-electron chi connectivity index (χ3n) is 5.40. The normalized spacial score (nSPS) is 15.2. The van der Waals surface area contributed by atoms with Crippen LogP contribution >= 0.6 is 0 Å². The van der Waals surface area contributed by atoms with Crippen molar-refractivity contribution in [2.45, 2.75) is 58.9 Å². The first-order valence-corrected chi connectivity index (χ1v) is 9.78. The van der Waals surface area contributed by atoms with E-state index in [1.807, 2.05) is 36.7 Å². The average molecular weight is 362 g/mol. The van der Waals surface area contributed by atoms with Crippen molar-refractivity contribution in [3.8, 4) is 5.69 Å².